The van der Waals surface area contributed by atoms with E-state index in [0.717, 1.165) is 36.8 Å². The van der Waals surface area contributed by atoms with Crippen molar-refractivity contribution in [1.82, 2.24) is 24.8 Å². The zero-order valence-corrected chi connectivity index (χ0v) is 13.2. The van der Waals surface area contributed by atoms with Gasteiger partial charge in [0.2, 0.25) is 0 Å². The van der Waals surface area contributed by atoms with Gasteiger partial charge in [-0.15, -0.1) is 0 Å². The van der Waals surface area contributed by atoms with E-state index in [-0.39, 0.29) is 0 Å². The fourth-order valence-corrected chi connectivity index (χ4v) is 2.96. The minimum atomic E-state index is 0.320. The van der Waals surface area contributed by atoms with E-state index in [1.165, 1.54) is 12.8 Å². The molecule has 0 aromatic carbocycles. The van der Waals surface area contributed by atoms with Crippen LogP contribution in [0.1, 0.15) is 43.7 Å². The highest BCUT2D eigenvalue weighted by Gasteiger charge is 2.25. The Bertz CT molecular complexity index is 615. The van der Waals surface area contributed by atoms with E-state index in [1.807, 2.05) is 13.0 Å². The molecule has 1 fully saturated rings. The molecule has 0 spiro atoms. The Morgan fingerprint density at radius 3 is 2.91 bits per heavy atom. The van der Waals surface area contributed by atoms with E-state index in [1.54, 1.807) is 18.6 Å². The molecule has 3 rings (SSSR count). The van der Waals surface area contributed by atoms with E-state index < -0.39 is 0 Å². The lowest BCUT2D eigenvalue weighted by Crippen LogP contribution is -2.34. The third kappa shape index (κ3) is 3.39. The first-order chi connectivity index (χ1) is 10.8. The Hall–Kier alpha value is -2.08. The van der Waals surface area contributed by atoms with Gasteiger partial charge in [0.25, 0.3) is 0 Å². The van der Waals surface area contributed by atoms with Crippen LogP contribution in [0.15, 0.2) is 24.7 Å². The molecule has 6 nitrogen and oxygen atoms in total. The van der Waals surface area contributed by atoms with E-state index in [0.29, 0.717) is 11.9 Å². The number of nitrogens with zero attached hydrogens (tertiary/aromatic N) is 5. The van der Waals surface area contributed by atoms with Crippen LogP contribution in [-0.4, -0.2) is 37.9 Å². The van der Waals surface area contributed by atoms with Gasteiger partial charge in [0, 0.05) is 24.2 Å². The van der Waals surface area contributed by atoms with Crippen LogP contribution >= 0.6 is 0 Å². The van der Waals surface area contributed by atoms with Crippen LogP contribution in [0.5, 0.6) is 0 Å². The van der Waals surface area contributed by atoms with Crippen molar-refractivity contribution in [2.45, 2.75) is 39.2 Å². The van der Waals surface area contributed by atoms with Gasteiger partial charge in [-0.05, 0) is 32.9 Å². The normalized spacial score (nSPS) is 19.1. The highest BCUT2D eigenvalue weighted by molar-refractivity contribution is 5.50. The summed E-state index contributed by atoms with van der Waals surface area (Å²) in [7, 11) is 0. The SMILES string of the molecule is CCN1CCCC[C@H]1c1nc(C)cc(Nc2cnccn2)n1. The number of aryl methyl sites for hydroxylation is 1. The van der Waals surface area contributed by atoms with E-state index in [4.69, 9.17) is 4.98 Å². The monoisotopic (exact) mass is 298 g/mol. The lowest BCUT2D eigenvalue weighted by molar-refractivity contribution is 0.150. The molecule has 1 N–H and O–H groups in total. The Morgan fingerprint density at radius 2 is 2.14 bits per heavy atom. The minimum Gasteiger partial charge on any atom is -0.324 e. The molecule has 2 aromatic heterocycles. The molecule has 0 unspecified atom stereocenters. The van der Waals surface area contributed by atoms with Crippen LogP contribution in [-0.2, 0) is 0 Å². The average Bonchev–Trinajstić information content (AvgIpc) is 2.55. The van der Waals surface area contributed by atoms with Gasteiger partial charge in [-0.2, -0.15) is 0 Å². The Balaban J connectivity index is 1.86. The maximum atomic E-state index is 4.72. The maximum absolute atomic E-state index is 4.72. The van der Waals surface area contributed by atoms with Crippen LogP contribution in [0, 0.1) is 6.92 Å². The second-order valence-electron chi connectivity index (χ2n) is 5.61. The zero-order chi connectivity index (χ0) is 15.4. The van der Waals surface area contributed by atoms with E-state index >= 15 is 0 Å². The molecule has 1 atom stereocenters. The largest absolute Gasteiger partial charge is 0.324 e. The van der Waals surface area contributed by atoms with Gasteiger partial charge in [0.1, 0.15) is 17.5 Å². The Kier molecular flexibility index (Phi) is 4.58. The highest BCUT2D eigenvalue weighted by Crippen LogP contribution is 2.29. The van der Waals surface area contributed by atoms with Crippen LogP contribution < -0.4 is 5.32 Å². The number of nitrogens with one attached hydrogen (secondary N) is 1. The molecule has 0 aliphatic carbocycles. The molecule has 6 heteroatoms. The predicted molar refractivity (Wildman–Crippen MR) is 85.9 cm³/mol. The first-order valence-electron chi connectivity index (χ1n) is 7.89. The zero-order valence-electron chi connectivity index (χ0n) is 13.2. The van der Waals surface area contributed by atoms with Crippen molar-refractivity contribution >= 4 is 11.6 Å². The molecule has 0 saturated carbocycles. The van der Waals surface area contributed by atoms with Gasteiger partial charge in [-0.25, -0.2) is 15.0 Å². The summed E-state index contributed by atoms with van der Waals surface area (Å²) in [5, 5.41) is 3.21. The summed E-state index contributed by atoms with van der Waals surface area (Å²) in [6.07, 6.45) is 8.64. The summed E-state index contributed by atoms with van der Waals surface area (Å²) in [6, 6.07) is 2.26. The van der Waals surface area contributed by atoms with Crippen molar-refractivity contribution in [2.75, 3.05) is 18.4 Å². The maximum Gasteiger partial charge on any atom is 0.150 e. The van der Waals surface area contributed by atoms with Crippen molar-refractivity contribution in [2.24, 2.45) is 0 Å². The average molecular weight is 298 g/mol. The van der Waals surface area contributed by atoms with Gasteiger partial charge in [-0.3, -0.25) is 9.88 Å². The Morgan fingerprint density at radius 1 is 1.23 bits per heavy atom. The van der Waals surface area contributed by atoms with Gasteiger partial charge in [0.05, 0.1) is 12.2 Å². The highest BCUT2D eigenvalue weighted by atomic mass is 15.2. The van der Waals surface area contributed by atoms with Gasteiger partial charge in [-0.1, -0.05) is 13.3 Å². The summed E-state index contributed by atoms with van der Waals surface area (Å²) in [4.78, 5) is 20.1. The molecule has 0 amide bonds. The van der Waals surface area contributed by atoms with Crippen LogP contribution in [0.4, 0.5) is 11.6 Å². The first kappa shape index (κ1) is 14.8. The summed E-state index contributed by atoms with van der Waals surface area (Å²) in [5.41, 5.74) is 0.970. The molecule has 2 aromatic rings. The fraction of sp³-hybridized carbons (Fsp3) is 0.500. The summed E-state index contributed by atoms with van der Waals surface area (Å²) in [6.45, 7) is 6.37. The van der Waals surface area contributed by atoms with Crippen molar-refractivity contribution in [3.8, 4) is 0 Å². The van der Waals surface area contributed by atoms with Crippen LogP contribution in [0.2, 0.25) is 0 Å². The molecular formula is C16H22N6. The van der Waals surface area contributed by atoms with Crippen LogP contribution in [0.25, 0.3) is 0 Å². The first-order valence-corrected chi connectivity index (χ1v) is 7.89. The van der Waals surface area contributed by atoms with E-state index in [2.05, 4.69) is 32.1 Å². The van der Waals surface area contributed by atoms with Gasteiger partial charge >= 0.3 is 0 Å². The lowest BCUT2D eigenvalue weighted by atomic mass is 10.0. The van der Waals surface area contributed by atoms with Crippen molar-refractivity contribution in [1.29, 1.82) is 0 Å². The van der Waals surface area contributed by atoms with E-state index in [9.17, 15) is 0 Å². The molecule has 0 radical (unpaired) electrons. The second kappa shape index (κ2) is 6.79. The summed E-state index contributed by atoms with van der Waals surface area (Å²) < 4.78 is 0. The quantitative estimate of drug-likeness (QED) is 0.936. The van der Waals surface area contributed by atoms with Crippen molar-refractivity contribution < 1.29 is 0 Å². The number of hydrogen-bond acceptors (Lipinski definition) is 6. The third-order valence-corrected chi connectivity index (χ3v) is 4.01. The second-order valence-corrected chi connectivity index (χ2v) is 5.61. The summed E-state index contributed by atoms with van der Waals surface area (Å²) in [5.74, 6) is 2.39. The fourth-order valence-electron chi connectivity index (χ4n) is 2.96. The molecule has 0 bridgehead atoms. The topological polar surface area (TPSA) is 66.8 Å². The predicted octanol–water partition coefficient (Wildman–Crippen LogP) is 2.87. The van der Waals surface area contributed by atoms with Gasteiger partial charge < -0.3 is 5.32 Å². The number of rotatable bonds is 4. The van der Waals surface area contributed by atoms with Crippen molar-refractivity contribution in [3.63, 3.8) is 0 Å². The standard InChI is InChI=1S/C16H22N6/c1-3-22-9-5-4-6-13(22)16-19-12(2)10-14(21-16)20-15-11-17-7-8-18-15/h7-8,10-11,13H,3-6,9H2,1-2H3,(H,18,19,20,21)/t13-/m0/s1. The lowest BCUT2D eigenvalue weighted by Gasteiger charge is -2.33. The summed E-state index contributed by atoms with van der Waals surface area (Å²) >= 11 is 0. The smallest absolute Gasteiger partial charge is 0.150 e. The molecule has 22 heavy (non-hydrogen) atoms. The number of hydrogen-bond donors (Lipinski definition) is 1. The van der Waals surface area contributed by atoms with Gasteiger partial charge in [0.15, 0.2) is 0 Å². The third-order valence-electron chi connectivity index (χ3n) is 4.01. The number of likely N-dealkylation sites (tertiary alicyclic amines) is 1. The Labute approximate surface area is 131 Å². The molecular weight excluding hydrogens is 276 g/mol. The van der Waals surface area contributed by atoms with Crippen LogP contribution in [0.3, 0.4) is 0 Å². The number of piperidine rings is 1. The number of aromatic nitrogens is 4. The molecule has 116 valence electrons. The minimum absolute atomic E-state index is 0.320. The molecule has 1 aliphatic heterocycles. The molecule has 1 aliphatic rings. The molecule has 3 heterocycles. The number of anilines is 2. The molecule has 1 saturated heterocycles. The van der Waals surface area contributed by atoms with Crippen molar-refractivity contribution in [3.05, 3.63) is 36.2 Å².